The molecule has 0 aromatic heterocycles. The van der Waals surface area contributed by atoms with Crippen molar-refractivity contribution in [2.75, 3.05) is 39.3 Å². The van der Waals surface area contributed by atoms with Gasteiger partial charge in [0.2, 0.25) is 21.8 Å². The van der Waals surface area contributed by atoms with E-state index in [9.17, 15) is 18.0 Å². The Morgan fingerprint density at radius 1 is 1.11 bits per heavy atom. The van der Waals surface area contributed by atoms with Crippen molar-refractivity contribution in [2.24, 2.45) is 0 Å². The Kier molecular flexibility index (Phi) is 6.92. The molecule has 28 heavy (non-hydrogen) atoms. The number of nitrogens with zero attached hydrogens (tertiary/aromatic N) is 2. The van der Waals surface area contributed by atoms with Crippen LogP contribution in [0.3, 0.4) is 0 Å². The third kappa shape index (κ3) is 5.91. The number of hydrogen-bond acceptors (Lipinski definition) is 5. The van der Waals surface area contributed by atoms with Gasteiger partial charge in [-0.05, 0) is 25.0 Å². The average molecular weight is 429 g/mol. The number of benzene rings is 1. The van der Waals surface area contributed by atoms with Gasteiger partial charge in [-0.25, -0.2) is 13.1 Å². The summed E-state index contributed by atoms with van der Waals surface area (Å²) in [6.07, 6.45) is 2.20. The molecule has 2 fully saturated rings. The van der Waals surface area contributed by atoms with Gasteiger partial charge in [-0.3, -0.25) is 14.5 Å². The molecular formula is C18H25ClN4O4S. The first-order valence-electron chi connectivity index (χ1n) is 9.39. The van der Waals surface area contributed by atoms with Crippen molar-refractivity contribution < 1.29 is 18.0 Å². The number of carbonyl (C=O) groups excluding carboxylic acids is 2. The van der Waals surface area contributed by atoms with Crippen LogP contribution in [-0.2, 0) is 19.6 Å². The minimum atomic E-state index is -3.75. The Bertz CT molecular complexity index is 821. The maximum atomic E-state index is 12.3. The van der Waals surface area contributed by atoms with Crippen LogP contribution in [0.5, 0.6) is 0 Å². The summed E-state index contributed by atoms with van der Waals surface area (Å²) in [5.41, 5.74) is 0. The fourth-order valence-electron chi connectivity index (χ4n) is 3.05. The van der Waals surface area contributed by atoms with Gasteiger partial charge in [-0.2, -0.15) is 0 Å². The molecule has 0 atom stereocenters. The fraction of sp³-hybridized carbons (Fsp3) is 0.556. The number of halogens is 1. The monoisotopic (exact) mass is 428 g/mol. The van der Waals surface area contributed by atoms with E-state index in [1.165, 1.54) is 12.1 Å². The Balaban J connectivity index is 1.38. The van der Waals surface area contributed by atoms with Gasteiger partial charge >= 0.3 is 0 Å². The zero-order valence-electron chi connectivity index (χ0n) is 15.6. The molecule has 2 aliphatic rings. The SMILES string of the molecule is O=C(CN1CCN(C(=O)CCNS(=O)(=O)c2ccccc2Cl)CC1)NC1CC1. The van der Waals surface area contributed by atoms with Crippen LogP contribution >= 0.6 is 11.6 Å². The number of rotatable bonds is 8. The summed E-state index contributed by atoms with van der Waals surface area (Å²) in [7, 11) is -3.75. The lowest BCUT2D eigenvalue weighted by Crippen LogP contribution is -2.51. The third-order valence-corrected chi connectivity index (χ3v) is 6.75. The molecule has 0 radical (unpaired) electrons. The summed E-state index contributed by atoms with van der Waals surface area (Å²) in [4.78, 5) is 27.9. The lowest BCUT2D eigenvalue weighted by Gasteiger charge is -2.34. The van der Waals surface area contributed by atoms with Crippen molar-refractivity contribution in [3.05, 3.63) is 29.3 Å². The summed E-state index contributed by atoms with van der Waals surface area (Å²) < 4.78 is 27.0. The van der Waals surface area contributed by atoms with E-state index >= 15 is 0 Å². The van der Waals surface area contributed by atoms with Crippen LogP contribution in [0, 0.1) is 0 Å². The van der Waals surface area contributed by atoms with Gasteiger partial charge in [-0.15, -0.1) is 0 Å². The van der Waals surface area contributed by atoms with Crippen LogP contribution in [0.25, 0.3) is 0 Å². The molecule has 2 amide bonds. The quantitative estimate of drug-likeness (QED) is 0.625. The van der Waals surface area contributed by atoms with Crippen LogP contribution in [-0.4, -0.2) is 75.3 Å². The van der Waals surface area contributed by atoms with Gasteiger partial charge < -0.3 is 10.2 Å². The second-order valence-corrected chi connectivity index (χ2v) is 9.22. The zero-order chi connectivity index (χ0) is 20.1. The van der Waals surface area contributed by atoms with Crippen molar-refractivity contribution >= 4 is 33.4 Å². The molecule has 1 aliphatic heterocycles. The first kappa shape index (κ1) is 21.0. The standard InChI is InChI=1S/C18H25ClN4O4S/c19-15-3-1-2-4-16(15)28(26,27)20-8-7-18(25)23-11-9-22(10-12-23)13-17(24)21-14-5-6-14/h1-4,14,20H,5-13H2,(H,21,24). The number of piperazine rings is 1. The Labute approximate surface area is 170 Å². The van der Waals surface area contributed by atoms with Gasteiger partial charge in [0.1, 0.15) is 4.90 Å². The number of nitrogens with one attached hydrogen (secondary N) is 2. The Morgan fingerprint density at radius 2 is 1.79 bits per heavy atom. The van der Waals surface area contributed by atoms with E-state index in [4.69, 9.17) is 11.6 Å². The van der Waals surface area contributed by atoms with Crippen molar-refractivity contribution in [3.63, 3.8) is 0 Å². The molecule has 2 N–H and O–H groups in total. The highest BCUT2D eigenvalue weighted by Crippen LogP contribution is 2.20. The maximum absolute atomic E-state index is 12.3. The summed E-state index contributed by atoms with van der Waals surface area (Å²) in [5.74, 6) is -0.0693. The van der Waals surface area contributed by atoms with Gasteiger partial charge in [0.05, 0.1) is 11.6 Å². The molecule has 0 spiro atoms. The molecule has 8 nitrogen and oxygen atoms in total. The van der Waals surface area contributed by atoms with E-state index in [2.05, 4.69) is 10.0 Å². The number of carbonyl (C=O) groups is 2. The summed E-state index contributed by atoms with van der Waals surface area (Å²) in [5, 5.41) is 3.10. The number of hydrogen-bond donors (Lipinski definition) is 2. The number of sulfonamides is 1. The molecule has 1 saturated carbocycles. The Morgan fingerprint density at radius 3 is 2.43 bits per heavy atom. The lowest BCUT2D eigenvalue weighted by molar-refractivity contribution is -0.133. The van der Waals surface area contributed by atoms with Crippen molar-refractivity contribution in [1.82, 2.24) is 19.8 Å². The average Bonchev–Trinajstić information content (AvgIpc) is 3.46. The molecule has 0 unspecified atom stereocenters. The van der Waals surface area contributed by atoms with E-state index < -0.39 is 10.0 Å². The Hall–Kier alpha value is -1.68. The summed E-state index contributed by atoms with van der Waals surface area (Å²) in [6, 6.07) is 6.53. The van der Waals surface area contributed by atoms with Crippen LogP contribution < -0.4 is 10.0 Å². The molecule has 1 aromatic rings. The smallest absolute Gasteiger partial charge is 0.242 e. The highest BCUT2D eigenvalue weighted by molar-refractivity contribution is 7.89. The highest BCUT2D eigenvalue weighted by atomic mass is 35.5. The van der Waals surface area contributed by atoms with E-state index in [0.29, 0.717) is 38.8 Å². The van der Waals surface area contributed by atoms with E-state index in [-0.39, 0.29) is 34.7 Å². The van der Waals surface area contributed by atoms with Crippen LogP contribution in [0.2, 0.25) is 5.02 Å². The molecule has 1 aromatic carbocycles. The maximum Gasteiger partial charge on any atom is 0.242 e. The van der Waals surface area contributed by atoms with Gasteiger partial charge in [0.25, 0.3) is 0 Å². The van der Waals surface area contributed by atoms with Crippen LogP contribution in [0.1, 0.15) is 19.3 Å². The van der Waals surface area contributed by atoms with Crippen LogP contribution in [0.4, 0.5) is 0 Å². The topological polar surface area (TPSA) is 98.8 Å². The van der Waals surface area contributed by atoms with E-state index in [0.717, 1.165) is 12.8 Å². The van der Waals surface area contributed by atoms with E-state index in [1.54, 1.807) is 17.0 Å². The highest BCUT2D eigenvalue weighted by Gasteiger charge is 2.26. The molecule has 3 rings (SSSR count). The molecule has 154 valence electrons. The summed E-state index contributed by atoms with van der Waals surface area (Å²) in [6.45, 7) is 2.70. The molecule has 10 heteroatoms. The first-order valence-corrected chi connectivity index (χ1v) is 11.2. The normalized spacial score (nSPS) is 18.1. The molecule has 1 aliphatic carbocycles. The van der Waals surface area contributed by atoms with Crippen molar-refractivity contribution in [3.8, 4) is 0 Å². The fourth-order valence-corrected chi connectivity index (χ4v) is 4.60. The molecule has 0 bridgehead atoms. The number of amides is 2. The van der Waals surface area contributed by atoms with Gasteiger partial charge in [0.15, 0.2) is 0 Å². The van der Waals surface area contributed by atoms with Crippen molar-refractivity contribution in [2.45, 2.75) is 30.2 Å². The van der Waals surface area contributed by atoms with Crippen molar-refractivity contribution in [1.29, 1.82) is 0 Å². The third-order valence-electron chi connectivity index (χ3n) is 4.79. The molecular weight excluding hydrogens is 404 g/mol. The van der Waals surface area contributed by atoms with Gasteiger partial charge in [0, 0.05) is 45.2 Å². The predicted molar refractivity (Wildman–Crippen MR) is 105 cm³/mol. The minimum absolute atomic E-state index is 0.00204. The van der Waals surface area contributed by atoms with Crippen LogP contribution in [0.15, 0.2) is 29.2 Å². The minimum Gasteiger partial charge on any atom is -0.352 e. The molecule has 1 saturated heterocycles. The van der Waals surface area contributed by atoms with Gasteiger partial charge in [-0.1, -0.05) is 23.7 Å². The first-order chi connectivity index (χ1) is 13.3. The predicted octanol–water partition coefficient (Wildman–Crippen LogP) is 0.431. The molecule has 1 heterocycles. The second kappa shape index (κ2) is 9.21. The summed E-state index contributed by atoms with van der Waals surface area (Å²) >= 11 is 5.93. The lowest BCUT2D eigenvalue weighted by atomic mass is 10.2. The van der Waals surface area contributed by atoms with E-state index in [1.807, 2.05) is 4.90 Å². The second-order valence-electron chi connectivity index (χ2n) is 7.08. The zero-order valence-corrected chi connectivity index (χ0v) is 17.1. The largest absolute Gasteiger partial charge is 0.352 e.